The molecule has 0 N–H and O–H groups in total. The molecular weight excluding hydrogens is 252 g/mol. The number of hydrogen-bond donors (Lipinski definition) is 0. The van der Waals surface area contributed by atoms with Crippen molar-refractivity contribution in [2.24, 2.45) is 5.92 Å². The number of sulfone groups is 1. The van der Waals surface area contributed by atoms with E-state index in [1.807, 2.05) is 20.8 Å². The average molecular weight is 276 g/mol. The molecule has 5 heteroatoms. The van der Waals surface area contributed by atoms with E-state index in [0.29, 0.717) is 12.8 Å². The molecule has 1 fully saturated rings. The molecule has 2 atom stereocenters. The first-order chi connectivity index (χ1) is 8.09. The lowest BCUT2D eigenvalue weighted by molar-refractivity contribution is -0.133. The molecular formula is C13H24O4S. The van der Waals surface area contributed by atoms with Gasteiger partial charge in [-0.3, -0.25) is 4.79 Å². The fraction of sp³-hybridized carbons (Fsp3) is 0.923. The lowest BCUT2D eigenvalue weighted by Gasteiger charge is -2.28. The van der Waals surface area contributed by atoms with Crippen molar-refractivity contribution >= 4 is 15.6 Å². The van der Waals surface area contributed by atoms with Crippen LogP contribution in [0, 0.1) is 5.92 Å². The maximum atomic E-state index is 12.0. The van der Waals surface area contributed by atoms with E-state index in [1.165, 1.54) is 6.26 Å². The highest BCUT2D eigenvalue weighted by Gasteiger charge is 2.32. The minimum atomic E-state index is -3.03. The Labute approximate surface area is 110 Å². The van der Waals surface area contributed by atoms with Crippen LogP contribution in [0.2, 0.25) is 0 Å². The molecule has 2 unspecified atom stereocenters. The van der Waals surface area contributed by atoms with Crippen molar-refractivity contribution in [3.05, 3.63) is 0 Å². The molecule has 0 bridgehead atoms. The van der Waals surface area contributed by atoms with Crippen LogP contribution >= 0.6 is 0 Å². The van der Waals surface area contributed by atoms with Crippen molar-refractivity contribution in [2.75, 3.05) is 12.9 Å². The predicted octanol–water partition coefficient (Wildman–Crippen LogP) is 1.97. The van der Waals surface area contributed by atoms with Gasteiger partial charge < -0.3 is 4.74 Å². The highest BCUT2D eigenvalue weighted by atomic mass is 32.2. The molecule has 0 saturated heterocycles. The molecule has 0 aromatic heterocycles. The van der Waals surface area contributed by atoms with Gasteiger partial charge in [-0.25, -0.2) is 8.42 Å². The summed E-state index contributed by atoms with van der Waals surface area (Å²) in [4.78, 5) is 12.0. The molecule has 4 nitrogen and oxygen atoms in total. The normalized spacial score (nSPS) is 26.0. The van der Waals surface area contributed by atoms with Gasteiger partial charge in [-0.15, -0.1) is 0 Å². The van der Waals surface area contributed by atoms with Gasteiger partial charge >= 0.3 is 0 Å². The molecule has 1 saturated carbocycles. The van der Waals surface area contributed by atoms with Crippen LogP contribution in [-0.2, 0) is 19.4 Å². The zero-order valence-corrected chi connectivity index (χ0v) is 12.5. The maximum Gasteiger partial charge on any atom is 0.161 e. The Morgan fingerprint density at radius 3 is 2.39 bits per heavy atom. The van der Waals surface area contributed by atoms with E-state index >= 15 is 0 Å². The van der Waals surface area contributed by atoms with E-state index < -0.39 is 9.84 Å². The molecule has 0 aromatic carbocycles. The third kappa shape index (κ3) is 5.06. The van der Waals surface area contributed by atoms with E-state index in [-0.39, 0.29) is 29.2 Å². The van der Waals surface area contributed by atoms with Gasteiger partial charge in [0, 0.05) is 12.2 Å². The van der Waals surface area contributed by atoms with Gasteiger partial charge in [0.05, 0.1) is 10.9 Å². The van der Waals surface area contributed by atoms with E-state index in [1.54, 1.807) is 0 Å². The summed E-state index contributed by atoms with van der Waals surface area (Å²) in [5, 5.41) is -0.352. The van der Waals surface area contributed by atoms with Crippen LogP contribution in [0.1, 0.15) is 46.5 Å². The number of ketones is 1. The van der Waals surface area contributed by atoms with Gasteiger partial charge in [0.2, 0.25) is 0 Å². The molecule has 0 aromatic rings. The lowest BCUT2D eigenvalue weighted by atomic mass is 9.86. The van der Waals surface area contributed by atoms with E-state index in [4.69, 9.17) is 4.74 Å². The minimum Gasteiger partial charge on any atom is -0.368 e. The van der Waals surface area contributed by atoms with Crippen molar-refractivity contribution < 1.29 is 17.9 Å². The average Bonchev–Trinajstić information content (AvgIpc) is 2.24. The maximum absolute atomic E-state index is 12.0. The number of hydrogen-bond acceptors (Lipinski definition) is 4. The summed E-state index contributed by atoms with van der Waals surface area (Å²) in [5.74, 6) is -0.112. The number of carbonyl (C=O) groups excluding carboxylic acids is 1. The zero-order chi connectivity index (χ0) is 14.0. The number of carbonyl (C=O) groups is 1. The molecule has 1 aliphatic rings. The largest absolute Gasteiger partial charge is 0.368 e. The van der Waals surface area contributed by atoms with Crippen LogP contribution in [0.5, 0.6) is 0 Å². The van der Waals surface area contributed by atoms with Crippen molar-refractivity contribution in [3.8, 4) is 0 Å². The molecule has 0 amide bonds. The molecule has 0 radical (unpaired) electrons. The van der Waals surface area contributed by atoms with Gasteiger partial charge in [-0.2, -0.15) is 0 Å². The van der Waals surface area contributed by atoms with Crippen LogP contribution < -0.4 is 0 Å². The molecule has 0 spiro atoms. The molecule has 0 aliphatic heterocycles. The van der Waals surface area contributed by atoms with Crippen LogP contribution in [0.3, 0.4) is 0 Å². The first-order valence-corrected chi connectivity index (χ1v) is 8.40. The summed E-state index contributed by atoms with van der Waals surface area (Å²) in [7, 11) is -3.03. The molecule has 1 rings (SSSR count). The second-order valence-electron chi connectivity index (χ2n) is 6.18. The smallest absolute Gasteiger partial charge is 0.161 e. The zero-order valence-electron chi connectivity index (χ0n) is 11.7. The molecule has 18 heavy (non-hydrogen) atoms. The Morgan fingerprint density at radius 1 is 1.28 bits per heavy atom. The highest BCUT2D eigenvalue weighted by molar-refractivity contribution is 7.91. The van der Waals surface area contributed by atoms with Crippen LogP contribution in [-0.4, -0.2) is 37.9 Å². The molecule has 0 heterocycles. The van der Waals surface area contributed by atoms with Crippen LogP contribution in [0.25, 0.3) is 0 Å². The van der Waals surface area contributed by atoms with Crippen LogP contribution in [0.4, 0.5) is 0 Å². The van der Waals surface area contributed by atoms with Gasteiger partial charge in [0.1, 0.15) is 16.4 Å². The summed E-state index contributed by atoms with van der Waals surface area (Å²) >= 11 is 0. The molecule has 1 aliphatic carbocycles. The Morgan fingerprint density at radius 2 is 1.89 bits per heavy atom. The van der Waals surface area contributed by atoms with Gasteiger partial charge in [-0.05, 0) is 40.0 Å². The van der Waals surface area contributed by atoms with Crippen molar-refractivity contribution in [1.29, 1.82) is 0 Å². The van der Waals surface area contributed by atoms with Crippen LogP contribution in [0.15, 0.2) is 0 Å². The van der Waals surface area contributed by atoms with Crippen molar-refractivity contribution in [1.82, 2.24) is 0 Å². The summed E-state index contributed by atoms with van der Waals surface area (Å²) in [6.07, 6.45) is 4.01. The SMILES string of the molecule is CC(C)(C)OCC(=O)C1CCCC(S(C)(=O)=O)C1. The minimum absolute atomic E-state index is 0.0401. The Bertz CT molecular complexity index is 392. The monoisotopic (exact) mass is 276 g/mol. The lowest BCUT2D eigenvalue weighted by Crippen LogP contribution is -2.34. The summed E-state index contributed by atoms with van der Waals surface area (Å²) in [6.45, 7) is 5.80. The van der Waals surface area contributed by atoms with Crippen molar-refractivity contribution in [2.45, 2.75) is 57.3 Å². The van der Waals surface area contributed by atoms with Gasteiger partial charge in [-0.1, -0.05) is 6.42 Å². The summed E-state index contributed by atoms with van der Waals surface area (Å²) in [6, 6.07) is 0. The Hall–Kier alpha value is -0.420. The number of ether oxygens (including phenoxy) is 1. The number of Topliss-reactive ketones (excluding diaryl/α,β-unsaturated/α-hetero) is 1. The predicted molar refractivity (Wildman–Crippen MR) is 71.3 cm³/mol. The Kier molecular flexibility index (Phi) is 4.95. The summed E-state index contributed by atoms with van der Waals surface area (Å²) in [5.41, 5.74) is -0.333. The third-order valence-electron chi connectivity index (χ3n) is 3.33. The topological polar surface area (TPSA) is 60.4 Å². The molecule has 106 valence electrons. The summed E-state index contributed by atoms with van der Waals surface area (Å²) < 4.78 is 28.5. The second-order valence-corrected chi connectivity index (χ2v) is 8.51. The Balaban J connectivity index is 2.54. The van der Waals surface area contributed by atoms with Crippen molar-refractivity contribution in [3.63, 3.8) is 0 Å². The third-order valence-corrected chi connectivity index (χ3v) is 4.97. The fourth-order valence-corrected chi connectivity index (χ4v) is 3.41. The highest BCUT2D eigenvalue weighted by Crippen LogP contribution is 2.29. The number of rotatable bonds is 4. The van der Waals surface area contributed by atoms with E-state index in [9.17, 15) is 13.2 Å². The standard InChI is InChI=1S/C13H24O4S/c1-13(2,3)17-9-12(14)10-6-5-7-11(8-10)18(4,15)16/h10-11H,5-9H2,1-4H3. The van der Waals surface area contributed by atoms with Gasteiger partial charge in [0.25, 0.3) is 0 Å². The first kappa shape index (κ1) is 15.6. The fourth-order valence-electron chi connectivity index (χ4n) is 2.23. The second kappa shape index (κ2) is 5.70. The van der Waals surface area contributed by atoms with E-state index in [0.717, 1.165) is 12.8 Å². The van der Waals surface area contributed by atoms with Gasteiger partial charge in [0.15, 0.2) is 5.78 Å². The van der Waals surface area contributed by atoms with E-state index in [2.05, 4.69) is 0 Å². The first-order valence-electron chi connectivity index (χ1n) is 6.45. The quantitative estimate of drug-likeness (QED) is 0.787.